The molecule has 29 heteroatoms. The molecule has 0 aromatic carbocycles. The van der Waals surface area contributed by atoms with Gasteiger partial charge in [0.1, 0.15) is 41.9 Å². The van der Waals surface area contributed by atoms with E-state index in [1.807, 2.05) is 0 Å². The first-order chi connectivity index (χ1) is 40.8. The molecule has 3 aliphatic carbocycles. The lowest BCUT2D eigenvalue weighted by atomic mass is 9.84. The molecule has 9 aromatic heterocycles. The summed E-state index contributed by atoms with van der Waals surface area (Å²) in [7, 11) is 0. The Hall–Kier alpha value is -9.66. The largest absolute Gasteiger partial charge is 0.870 e. The molecule has 0 spiro atoms. The molecule has 25 nitrogen and oxygen atoms in total. The molecule has 9 heterocycles. The number of hydrogen-bond donors (Lipinski definition) is 6. The molecule has 86 heavy (non-hydrogen) atoms. The summed E-state index contributed by atoms with van der Waals surface area (Å²) in [4.78, 5) is 57.4. The quantitative estimate of drug-likeness (QED) is 0.0376. The Morgan fingerprint density at radius 1 is 0.605 bits per heavy atom. The summed E-state index contributed by atoms with van der Waals surface area (Å²) in [5, 5.41) is 38.5. The first-order valence-electron chi connectivity index (χ1n) is 27.4. The molecule has 10 N–H and O–H groups in total. The van der Waals surface area contributed by atoms with Gasteiger partial charge in [-0.05, 0) is 129 Å². The number of nitroso groups, excluding NO2 is 2. The number of nitrogens with two attached hydrogens (primary N) is 2. The van der Waals surface area contributed by atoms with Crippen molar-refractivity contribution in [2.24, 2.45) is 33.8 Å². The van der Waals surface area contributed by atoms with Crippen molar-refractivity contribution >= 4 is 57.2 Å². The predicted octanol–water partition coefficient (Wildman–Crippen LogP) is 10.5. The third kappa shape index (κ3) is 15.9. The second kappa shape index (κ2) is 30.2. The molecular formula is C57H61ClF3N21O4. The lowest BCUT2D eigenvalue weighted by Crippen LogP contribution is -2.27. The number of pyridine rings is 3. The molecule has 0 unspecified atom stereocenters. The third-order valence-electron chi connectivity index (χ3n) is 15.1. The zero-order chi connectivity index (χ0) is 59.1. The van der Waals surface area contributed by atoms with Crippen molar-refractivity contribution in [2.45, 2.75) is 114 Å². The SMILES string of the molecule is N#CCC1CCC(N)CC1.N#CCC1CCC(Nc2nc(-c3c[nH]c4ccc(F)c[n+]34)ncc2N=O)CC1.N#CCC1CCC(Nc2nc(-c3cnc4ccc(F)cn34)ncc2N)CC1.O=Nc1cnc(-c2c[nH]c3ccc(F)c[n+]23)nc1Cl.[OH-].[OH-]. The van der Waals surface area contributed by atoms with Crippen LogP contribution in [0, 0.1) is 79.0 Å². The molecular weight excluding hydrogens is 1140 g/mol. The second-order valence-corrected chi connectivity index (χ2v) is 21.2. The number of hydrogen-bond acceptors (Lipinski definition) is 20. The van der Waals surface area contributed by atoms with E-state index >= 15 is 0 Å². The molecule has 9 aromatic rings. The molecule has 446 valence electrons. The first-order valence-corrected chi connectivity index (χ1v) is 27.8. The van der Waals surface area contributed by atoms with Gasteiger partial charge in [0.05, 0.1) is 48.7 Å². The molecule has 0 amide bonds. The maximum absolute atomic E-state index is 13.6. The average molecular weight is 1200 g/mol. The van der Waals surface area contributed by atoms with Crippen molar-refractivity contribution in [1.29, 1.82) is 15.8 Å². The molecule has 0 aliphatic heterocycles. The number of nitrogens with zero attached hydrogens (tertiary/aromatic N) is 15. The van der Waals surface area contributed by atoms with Gasteiger partial charge in [0.25, 0.3) is 11.3 Å². The maximum Gasteiger partial charge on any atom is 0.284 e. The molecule has 0 atom stereocenters. The fourth-order valence-electron chi connectivity index (χ4n) is 10.5. The molecule has 0 radical (unpaired) electrons. The van der Waals surface area contributed by atoms with Crippen molar-refractivity contribution in [3.8, 4) is 52.8 Å². The van der Waals surface area contributed by atoms with Crippen LogP contribution >= 0.6 is 11.6 Å². The number of rotatable bonds is 12. The monoisotopic (exact) mass is 1200 g/mol. The van der Waals surface area contributed by atoms with Crippen LogP contribution in [0.3, 0.4) is 0 Å². The highest BCUT2D eigenvalue weighted by atomic mass is 35.5. The van der Waals surface area contributed by atoms with Crippen LogP contribution in [-0.2, 0) is 0 Å². The van der Waals surface area contributed by atoms with Crippen molar-refractivity contribution in [1.82, 2.24) is 49.3 Å². The topological polar surface area (TPSA) is 401 Å². The number of anilines is 3. The van der Waals surface area contributed by atoms with E-state index in [9.17, 15) is 23.0 Å². The van der Waals surface area contributed by atoms with Gasteiger partial charge in [-0.1, -0.05) is 11.6 Å². The number of aromatic nitrogens is 12. The smallest absolute Gasteiger partial charge is 0.284 e. The number of aromatic amines is 2. The predicted molar refractivity (Wildman–Crippen MR) is 310 cm³/mol. The number of halogens is 4. The summed E-state index contributed by atoms with van der Waals surface area (Å²) < 4.78 is 45.3. The van der Waals surface area contributed by atoms with Gasteiger partial charge in [0.2, 0.25) is 23.0 Å². The van der Waals surface area contributed by atoms with Crippen LogP contribution in [0.25, 0.3) is 51.5 Å². The van der Waals surface area contributed by atoms with E-state index in [0.717, 1.165) is 83.5 Å². The van der Waals surface area contributed by atoms with Crippen LogP contribution in [0.1, 0.15) is 96.3 Å². The molecule has 3 fully saturated rings. The summed E-state index contributed by atoms with van der Waals surface area (Å²) in [6, 6.07) is 16.4. The van der Waals surface area contributed by atoms with Crippen LogP contribution < -0.4 is 30.9 Å². The minimum atomic E-state index is -0.393. The first kappa shape index (κ1) is 63.9. The minimum absolute atomic E-state index is 0. The highest BCUT2D eigenvalue weighted by molar-refractivity contribution is 6.31. The average Bonchev–Trinajstić information content (AvgIpc) is 2.79. The van der Waals surface area contributed by atoms with E-state index in [-0.39, 0.29) is 57.0 Å². The van der Waals surface area contributed by atoms with Crippen molar-refractivity contribution in [2.75, 3.05) is 16.4 Å². The zero-order valence-corrected chi connectivity index (χ0v) is 47.1. The Labute approximate surface area is 495 Å². The van der Waals surface area contributed by atoms with Gasteiger partial charge in [-0.15, -0.1) is 9.81 Å². The van der Waals surface area contributed by atoms with Crippen LogP contribution in [0.2, 0.25) is 5.15 Å². The summed E-state index contributed by atoms with van der Waals surface area (Å²) in [6.45, 7) is 0. The van der Waals surface area contributed by atoms with Crippen molar-refractivity contribution in [3.63, 3.8) is 0 Å². The van der Waals surface area contributed by atoms with Gasteiger partial charge >= 0.3 is 0 Å². The number of nitriles is 3. The van der Waals surface area contributed by atoms with E-state index in [1.165, 1.54) is 49.2 Å². The van der Waals surface area contributed by atoms with Gasteiger partial charge in [0, 0.05) is 55.7 Å². The van der Waals surface area contributed by atoms with Crippen molar-refractivity contribution in [3.05, 3.63) is 125 Å². The van der Waals surface area contributed by atoms with Crippen molar-refractivity contribution < 1.29 is 32.9 Å². The summed E-state index contributed by atoms with van der Waals surface area (Å²) in [5.41, 5.74) is 16.0. The Bertz CT molecular complexity index is 3900. The fraction of sp³-hybridized carbons (Fsp3) is 0.368. The number of nitrogen functional groups attached to an aromatic ring is 1. The molecule has 12 rings (SSSR count). The Balaban J connectivity index is 0.000000171. The molecule has 3 aliphatic rings. The second-order valence-electron chi connectivity index (χ2n) is 20.8. The van der Waals surface area contributed by atoms with E-state index in [1.54, 1.807) is 56.2 Å². The fourth-order valence-corrected chi connectivity index (χ4v) is 10.7. The number of H-pyrrole nitrogens is 2. The number of nitrogens with one attached hydrogen (secondary N) is 4. The highest BCUT2D eigenvalue weighted by Crippen LogP contribution is 2.33. The Morgan fingerprint density at radius 2 is 1.07 bits per heavy atom. The maximum atomic E-state index is 13.6. The van der Waals surface area contributed by atoms with E-state index in [0.29, 0.717) is 99.6 Å². The normalized spacial score (nSPS) is 18.7. The van der Waals surface area contributed by atoms with Crippen LogP contribution in [0.5, 0.6) is 0 Å². The van der Waals surface area contributed by atoms with Gasteiger partial charge < -0.3 is 33.1 Å². The Kier molecular flexibility index (Phi) is 22.5. The minimum Gasteiger partial charge on any atom is -0.870 e. The zero-order valence-electron chi connectivity index (χ0n) is 46.3. The lowest BCUT2D eigenvalue weighted by molar-refractivity contribution is -0.500. The van der Waals surface area contributed by atoms with Gasteiger partial charge in [-0.3, -0.25) is 4.40 Å². The van der Waals surface area contributed by atoms with E-state index < -0.39 is 5.82 Å². The van der Waals surface area contributed by atoms with Gasteiger partial charge in [-0.2, -0.15) is 24.6 Å². The molecule has 0 bridgehead atoms. The standard InChI is InChI=1S/C19H18FN7O.C19H20FN7.C11H5ClFN5O.C8H14N2.2H2O/c20-13-3-6-17-22-10-16(27(17)11-13)19-23-9-15(26-28)18(25-19)24-14-4-1-12(2-5-14)7-8-21;20-13-3-6-17-23-10-16(27(17)11-13)19-24-9-15(22)18(26-19)25-14-4-1-12(2-5-14)7-8-21;12-10-7(17-19)3-15-11(16-10)8-4-14-9-2-1-6(13)5-18(8)9;9-6-5-7-1-3-8(10)4-2-7;;/h3,6,9-12,14H,1-2,4-5,7H2,(H,23,24,25,28);3,6,9-12,14H,1-2,4-5,7,22H2,(H,24,25,26);1-5H;7-8H,1-5,10H2;2*1H2. The Morgan fingerprint density at radius 3 is 1.58 bits per heavy atom. The van der Waals surface area contributed by atoms with Crippen LogP contribution in [0.4, 0.5) is 41.9 Å². The third-order valence-corrected chi connectivity index (χ3v) is 15.4. The van der Waals surface area contributed by atoms with E-state index in [2.05, 4.69) is 84.1 Å². The van der Waals surface area contributed by atoms with E-state index in [4.69, 9.17) is 38.9 Å². The highest BCUT2D eigenvalue weighted by Gasteiger charge is 2.26. The molecule has 3 saturated carbocycles. The van der Waals surface area contributed by atoms with Crippen LogP contribution in [-0.4, -0.2) is 78.3 Å². The lowest BCUT2D eigenvalue weighted by Gasteiger charge is -2.28. The summed E-state index contributed by atoms with van der Waals surface area (Å²) in [5.74, 6) is 2.44. The van der Waals surface area contributed by atoms with Gasteiger partial charge in [-0.25, -0.2) is 58.0 Å². The molecule has 0 saturated heterocycles. The number of imidazole rings is 3. The van der Waals surface area contributed by atoms with Gasteiger partial charge in [0.15, 0.2) is 45.6 Å². The van der Waals surface area contributed by atoms with Crippen LogP contribution in [0.15, 0.2) is 103 Å². The summed E-state index contributed by atoms with van der Waals surface area (Å²) >= 11 is 5.79. The summed E-state index contributed by atoms with van der Waals surface area (Å²) in [6.07, 6.45) is 27.3. The number of fused-ring (bicyclic) bond motifs is 3.